The molecule has 2 amide bonds. The maximum atomic E-state index is 13.5. The van der Waals surface area contributed by atoms with Gasteiger partial charge in [0, 0.05) is 24.2 Å². The van der Waals surface area contributed by atoms with Crippen LogP contribution in [-0.4, -0.2) is 44.0 Å². The van der Waals surface area contributed by atoms with Gasteiger partial charge in [-0.2, -0.15) is 0 Å². The van der Waals surface area contributed by atoms with E-state index in [-0.39, 0.29) is 11.8 Å². The van der Waals surface area contributed by atoms with Crippen molar-refractivity contribution in [1.82, 2.24) is 4.90 Å². The Morgan fingerprint density at radius 1 is 0.897 bits per heavy atom. The van der Waals surface area contributed by atoms with E-state index in [1.165, 1.54) is 12.0 Å². The Hall–Kier alpha value is -2.99. The van der Waals surface area contributed by atoms with E-state index in [2.05, 4.69) is 0 Å². The summed E-state index contributed by atoms with van der Waals surface area (Å²) in [5, 5.41) is 0.572. The third-order valence-corrected chi connectivity index (χ3v) is 5.49. The summed E-state index contributed by atoms with van der Waals surface area (Å²) >= 11 is 6.02. The molecular formula is C22H21ClN2O4. The summed E-state index contributed by atoms with van der Waals surface area (Å²) in [6.45, 7) is 1.50. The van der Waals surface area contributed by atoms with E-state index in [0.29, 0.717) is 39.0 Å². The van der Waals surface area contributed by atoms with Gasteiger partial charge in [-0.25, -0.2) is 4.90 Å². The number of carbonyl (C=O) groups is 2. The lowest BCUT2D eigenvalue weighted by Crippen LogP contribution is -2.34. The molecule has 2 aliphatic rings. The maximum absolute atomic E-state index is 13.5. The molecule has 7 heteroatoms. The van der Waals surface area contributed by atoms with Crippen LogP contribution in [0.25, 0.3) is 5.57 Å². The molecule has 0 atom stereocenters. The predicted molar refractivity (Wildman–Crippen MR) is 111 cm³/mol. The Morgan fingerprint density at radius 3 is 2.21 bits per heavy atom. The number of methoxy groups -OCH3 is 2. The lowest BCUT2D eigenvalue weighted by atomic mass is 10.0. The number of carbonyl (C=O) groups excluding carboxylic acids is 2. The largest absolute Gasteiger partial charge is 0.497 e. The zero-order valence-corrected chi connectivity index (χ0v) is 17.0. The van der Waals surface area contributed by atoms with Crippen LogP contribution >= 0.6 is 11.6 Å². The number of likely N-dealkylation sites (tertiary alicyclic amines) is 1. The second kappa shape index (κ2) is 7.79. The van der Waals surface area contributed by atoms with E-state index < -0.39 is 0 Å². The van der Waals surface area contributed by atoms with Gasteiger partial charge in [0.25, 0.3) is 11.8 Å². The Morgan fingerprint density at radius 2 is 1.59 bits per heavy atom. The Labute approximate surface area is 174 Å². The minimum absolute atomic E-state index is 0.342. The van der Waals surface area contributed by atoms with Gasteiger partial charge in [0.05, 0.1) is 25.5 Å². The number of benzene rings is 2. The number of nitrogens with zero attached hydrogens (tertiary/aromatic N) is 2. The van der Waals surface area contributed by atoms with Gasteiger partial charge < -0.3 is 14.4 Å². The van der Waals surface area contributed by atoms with Gasteiger partial charge in [-0.15, -0.1) is 0 Å². The first kappa shape index (κ1) is 19.3. The number of ether oxygens (including phenoxy) is 2. The van der Waals surface area contributed by atoms with Crippen LogP contribution in [0.4, 0.5) is 5.69 Å². The first-order chi connectivity index (χ1) is 14.0. The molecule has 1 saturated heterocycles. The summed E-state index contributed by atoms with van der Waals surface area (Å²) in [6.07, 6.45) is 1.98. The number of imide groups is 1. The molecule has 1 fully saturated rings. The van der Waals surface area contributed by atoms with Crippen LogP contribution in [0.2, 0.25) is 5.02 Å². The van der Waals surface area contributed by atoms with Crippen molar-refractivity contribution in [1.29, 1.82) is 0 Å². The molecule has 29 heavy (non-hydrogen) atoms. The van der Waals surface area contributed by atoms with Gasteiger partial charge >= 0.3 is 0 Å². The smallest absolute Gasteiger partial charge is 0.282 e. The summed E-state index contributed by atoms with van der Waals surface area (Å²) in [5.41, 5.74) is 1.90. The lowest BCUT2D eigenvalue weighted by Gasteiger charge is -2.21. The summed E-state index contributed by atoms with van der Waals surface area (Å²) in [4.78, 5) is 30.2. The highest BCUT2D eigenvalue weighted by molar-refractivity contribution is 6.45. The lowest BCUT2D eigenvalue weighted by molar-refractivity contribution is -0.120. The second-order valence-electron chi connectivity index (χ2n) is 6.91. The highest BCUT2D eigenvalue weighted by Gasteiger charge is 2.43. The third kappa shape index (κ3) is 3.34. The molecule has 2 aromatic rings. The highest BCUT2D eigenvalue weighted by atomic mass is 35.5. The number of amides is 2. The van der Waals surface area contributed by atoms with E-state index in [1.54, 1.807) is 49.6 Å². The fourth-order valence-electron chi connectivity index (χ4n) is 3.82. The monoisotopic (exact) mass is 412 g/mol. The van der Waals surface area contributed by atoms with Crippen molar-refractivity contribution in [2.75, 3.05) is 32.2 Å². The van der Waals surface area contributed by atoms with Crippen molar-refractivity contribution in [3.63, 3.8) is 0 Å². The van der Waals surface area contributed by atoms with E-state index in [1.807, 2.05) is 4.90 Å². The first-order valence-corrected chi connectivity index (χ1v) is 9.79. The average Bonchev–Trinajstić information content (AvgIpc) is 3.34. The first-order valence-electron chi connectivity index (χ1n) is 9.41. The Kier molecular flexibility index (Phi) is 5.20. The van der Waals surface area contributed by atoms with Gasteiger partial charge in [-0.1, -0.05) is 23.7 Å². The molecule has 2 aliphatic heterocycles. The van der Waals surface area contributed by atoms with E-state index in [4.69, 9.17) is 21.1 Å². The molecule has 2 heterocycles. The third-order valence-electron chi connectivity index (χ3n) is 5.24. The van der Waals surface area contributed by atoms with E-state index in [9.17, 15) is 9.59 Å². The minimum Gasteiger partial charge on any atom is -0.497 e. The fraction of sp³-hybridized carbons (Fsp3) is 0.273. The van der Waals surface area contributed by atoms with E-state index >= 15 is 0 Å². The maximum Gasteiger partial charge on any atom is 0.282 e. The van der Waals surface area contributed by atoms with Crippen molar-refractivity contribution in [2.45, 2.75) is 12.8 Å². The van der Waals surface area contributed by atoms with Gasteiger partial charge in [-0.05, 0) is 42.7 Å². The summed E-state index contributed by atoms with van der Waals surface area (Å²) in [7, 11) is 3.05. The topological polar surface area (TPSA) is 59.1 Å². The van der Waals surface area contributed by atoms with Gasteiger partial charge in [-0.3, -0.25) is 9.59 Å². The van der Waals surface area contributed by atoms with Crippen LogP contribution in [-0.2, 0) is 9.59 Å². The molecule has 0 N–H and O–H groups in total. The summed E-state index contributed by atoms with van der Waals surface area (Å²) < 4.78 is 10.7. The Balaban J connectivity index is 1.83. The standard InChI is InChI=1S/C22H21ClN2O4/c1-28-16-9-10-17(18(13-16)29-2)25-21(26)19(14-5-7-15(23)8-6-14)20(22(25)27)24-11-3-4-12-24/h5-10,13H,3-4,11-12H2,1-2H3. The number of hydrogen-bond donors (Lipinski definition) is 0. The molecule has 4 rings (SSSR count). The molecule has 0 unspecified atom stereocenters. The second-order valence-corrected chi connectivity index (χ2v) is 7.34. The zero-order valence-electron chi connectivity index (χ0n) is 16.3. The fourth-order valence-corrected chi connectivity index (χ4v) is 3.94. The van der Waals surface area contributed by atoms with Crippen LogP contribution in [0.1, 0.15) is 18.4 Å². The number of anilines is 1. The van der Waals surface area contributed by atoms with Crippen LogP contribution in [0.5, 0.6) is 11.5 Å². The molecule has 0 saturated carbocycles. The molecule has 0 spiro atoms. The van der Waals surface area contributed by atoms with Crippen molar-refractivity contribution < 1.29 is 19.1 Å². The quantitative estimate of drug-likeness (QED) is 0.700. The number of rotatable bonds is 5. The van der Waals surface area contributed by atoms with Crippen LogP contribution < -0.4 is 14.4 Å². The van der Waals surface area contributed by atoms with Crippen molar-refractivity contribution in [3.8, 4) is 11.5 Å². The van der Waals surface area contributed by atoms with Crippen LogP contribution in [0.3, 0.4) is 0 Å². The van der Waals surface area contributed by atoms with E-state index in [0.717, 1.165) is 25.9 Å². The van der Waals surface area contributed by atoms with Crippen molar-refractivity contribution in [3.05, 3.63) is 58.7 Å². The number of hydrogen-bond acceptors (Lipinski definition) is 5. The molecule has 2 aromatic carbocycles. The summed E-state index contributed by atoms with van der Waals surface area (Å²) in [5.74, 6) is 0.257. The normalized spacial score (nSPS) is 16.8. The minimum atomic E-state index is -0.373. The van der Waals surface area contributed by atoms with Crippen LogP contribution in [0.15, 0.2) is 48.2 Å². The SMILES string of the molecule is COc1ccc(N2C(=O)C(c3ccc(Cl)cc3)=C(N3CCCC3)C2=O)c(OC)c1. The van der Waals surface area contributed by atoms with Gasteiger partial charge in [0.15, 0.2) is 0 Å². The average molecular weight is 413 g/mol. The Bertz CT molecular complexity index is 994. The molecule has 0 radical (unpaired) electrons. The van der Waals surface area contributed by atoms with Crippen molar-refractivity contribution >= 4 is 34.7 Å². The highest BCUT2D eigenvalue weighted by Crippen LogP contribution is 2.40. The van der Waals surface area contributed by atoms with Crippen LogP contribution in [0, 0.1) is 0 Å². The predicted octanol–water partition coefficient (Wildman–Crippen LogP) is 3.74. The molecule has 0 bridgehead atoms. The number of halogens is 1. The van der Waals surface area contributed by atoms with Gasteiger partial charge in [0.1, 0.15) is 17.2 Å². The molecule has 0 aliphatic carbocycles. The summed E-state index contributed by atoms with van der Waals surface area (Å²) in [6, 6.07) is 12.0. The molecule has 0 aromatic heterocycles. The van der Waals surface area contributed by atoms with Crippen molar-refractivity contribution in [2.24, 2.45) is 0 Å². The zero-order chi connectivity index (χ0) is 20.5. The molecule has 6 nitrogen and oxygen atoms in total. The van der Waals surface area contributed by atoms with Gasteiger partial charge in [0.2, 0.25) is 0 Å². The molecule has 150 valence electrons. The molecular weight excluding hydrogens is 392 g/mol.